The molecule has 0 saturated heterocycles. The van der Waals surface area contributed by atoms with Crippen LogP contribution in [0.15, 0.2) is 18.2 Å². The maximum absolute atomic E-state index is 12.6. The van der Waals surface area contributed by atoms with E-state index >= 15 is 0 Å². The molecule has 0 aliphatic heterocycles. The lowest BCUT2D eigenvalue weighted by atomic mass is 9.78. The molecule has 0 bridgehead atoms. The van der Waals surface area contributed by atoms with Gasteiger partial charge in [0.2, 0.25) is 5.91 Å². The zero-order chi connectivity index (χ0) is 21.0. The van der Waals surface area contributed by atoms with Crippen LogP contribution in [0.2, 0.25) is 0 Å². The van der Waals surface area contributed by atoms with E-state index in [1.807, 2.05) is 11.9 Å². The molecule has 0 aromatic heterocycles. The van der Waals surface area contributed by atoms with Gasteiger partial charge in [-0.2, -0.15) is 0 Å². The highest BCUT2D eigenvalue weighted by Gasteiger charge is 2.34. The van der Waals surface area contributed by atoms with Crippen LogP contribution in [-0.2, 0) is 4.79 Å². The van der Waals surface area contributed by atoms with Crippen molar-refractivity contribution in [1.82, 2.24) is 4.90 Å². The van der Waals surface area contributed by atoms with Crippen LogP contribution in [0.3, 0.4) is 0 Å². The lowest BCUT2D eigenvalue weighted by Gasteiger charge is -2.38. The van der Waals surface area contributed by atoms with Crippen molar-refractivity contribution in [3.05, 3.63) is 23.8 Å². The summed E-state index contributed by atoms with van der Waals surface area (Å²) in [7, 11) is 3.33. The molecule has 2 fully saturated rings. The van der Waals surface area contributed by atoms with E-state index in [1.54, 1.807) is 12.1 Å². The molecule has 2 aliphatic rings. The average molecular weight is 405 g/mol. The molecular formula is C22H32N2O5. The van der Waals surface area contributed by atoms with Gasteiger partial charge in [0, 0.05) is 13.1 Å². The Hall–Kier alpha value is -2.28. The number of ether oxygens (including phenoxy) is 2. The van der Waals surface area contributed by atoms with Crippen LogP contribution in [0.5, 0.6) is 11.5 Å². The summed E-state index contributed by atoms with van der Waals surface area (Å²) < 4.78 is 10.9. The van der Waals surface area contributed by atoms with Gasteiger partial charge in [-0.15, -0.1) is 0 Å². The Labute approximate surface area is 172 Å². The Balaban J connectivity index is 1.47. The lowest BCUT2D eigenvalue weighted by molar-refractivity contribution is -0.136. The minimum atomic E-state index is -1.04. The standard InChI is InChI=1S/C22H32N2O5/c1-24(16-4-3-5-16)21(25)20(23)15-8-6-14(7-9-15)13-29-17-10-11-19(28-2)18(12-17)22(26)27/h10-12,14-16,20H,3-9,13,23H2,1-2H3,(H,26,27)/t14?,15?,20-/m0/s1. The van der Waals surface area contributed by atoms with Gasteiger partial charge in [-0.05, 0) is 75.0 Å². The summed E-state index contributed by atoms with van der Waals surface area (Å²) in [5.41, 5.74) is 6.39. The highest BCUT2D eigenvalue weighted by atomic mass is 16.5. The van der Waals surface area contributed by atoms with Crippen LogP contribution < -0.4 is 15.2 Å². The minimum Gasteiger partial charge on any atom is -0.496 e. The topological polar surface area (TPSA) is 102 Å². The third-order valence-corrected chi connectivity index (χ3v) is 6.54. The zero-order valence-corrected chi connectivity index (χ0v) is 17.3. The van der Waals surface area contributed by atoms with Crippen molar-refractivity contribution in [3.63, 3.8) is 0 Å². The zero-order valence-electron chi connectivity index (χ0n) is 17.3. The van der Waals surface area contributed by atoms with Gasteiger partial charge in [0.15, 0.2) is 0 Å². The number of rotatable bonds is 8. The number of methoxy groups -OCH3 is 1. The molecule has 2 aliphatic carbocycles. The quantitative estimate of drug-likeness (QED) is 0.691. The SMILES string of the molecule is COc1ccc(OCC2CCC([C@H](N)C(=O)N(C)C3CCC3)CC2)cc1C(=O)O. The van der Waals surface area contributed by atoms with Gasteiger partial charge >= 0.3 is 5.97 Å². The van der Waals surface area contributed by atoms with Gasteiger partial charge in [0.25, 0.3) is 0 Å². The molecule has 2 saturated carbocycles. The second-order valence-corrected chi connectivity index (χ2v) is 8.32. The molecule has 29 heavy (non-hydrogen) atoms. The van der Waals surface area contributed by atoms with Crippen molar-refractivity contribution in [3.8, 4) is 11.5 Å². The maximum Gasteiger partial charge on any atom is 0.339 e. The highest BCUT2D eigenvalue weighted by molar-refractivity contribution is 5.91. The normalized spacial score (nSPS) is 23.0. The van der Waals surface area contributed by atoms with E-state index < -0.39 is 12.0 Å². The van der Waals surface area contributed by atoms with Gasteiger partial charge in [0.1, 0.15) is 17.1 Å². The third-order valence-electron chi connectivity index (χ3n) is 6.54. The van der Waals surface area contributed by atoms with Gasteiger partial charge in [0.05, 0.1) is 19.8 Å². The lowest BCUT2D eigenvalue weighted by Crippen LogP contribution is -2.52. The summed E-state index contributed by atoms with van der Waals surface area (Å²) in [4.78, 5) is 25.8. The van der Waals surface area contributed by atoms with Crippen LogP contribution in [0.25, 0.3) is 0 Å². The summed E-state index contributed by atoms with van der Waals surface area (Å²) in [6, 6.07) is 4.79. The number of carbonyl (C=O) groups is 2. The van der Waals surface area contributed by atoms with Crippen LogP contribution in [0.1, 0.15) is 55.3 Å². The maximum atomic E-state index is 12.6. The molecule has 1 amide bonds. The Bertz CT molecular complexity index is 726. The Kier molecular flexibility index (Phi) is 7.00. The van der Waals surface area contributed by atoms with E-state index in [2.05, 4.69) is 0 Å². The molecule has 1 aromatic rings. The summed E-state index contributed by atoms with van der Waals surface area (Å²) in [5, 5.41) is 9.28. The van der Waals surface area contributed by atoms with Crippen molar-refractivity contribution in [2.75, 3.05) is 20.8 Å². The van der Waals surface area contributed by atoms with E-state index in [-0.39, 0.29) is 17.4 Å². The number of hydrogen-bond acceptors (Lipinski definition) is 5. The molecule has 3 rings (SSSR count). The first-order chi connectivity index (χ1) is 13.9. The van der Waals surface area contributed by atoms with Crippen molar-refractivity contribution in [1.29, 1.82) is 0 Å². The summed E-state index contributed by atoms with van der Waals surface area (Å²) in [6.07, 6.45) is 7.14. The number of carboxylic acids is 1. The van der Waals surface area contributed by atoms with E-state index in [0.717, 1.165) is 38.5 Å². The number of nitrogens with two attached hydrogens (primary N) is 1. The highest BCUT2D eigenvalue weighted by Crippen LogP contribution is 2.33. The summed E-state index contributed by atoms with van der Waals surface area (Å²) in [5.74, 6) is 0.483. The molecule has 0 spiro atoms. The number of likely N-dealkylation sites (N-methyl/N-ethyl adjacent to an activating group) is 1. The van der Waals surface area contributed by atoms with Gasteiger partial charge in [-0.1, -0.05) is 0 Å². The molecule has 7 nitrogen and oxygen atoms in total. The molecule has 3 N–H and O–H groups in total. The first-order valence-corrected chi connectivity index (χ1v) is 10.5. The fourth-order valence-corrected chi connectivity index (χ4v) is 4.26. The molecule has 160 valence electrons. The fourth-order valence-electron chi connectivity index (χ4n) is 4.26. The predicted octanol–water partition coefficient (Wildman–Crippen LogP) is 2.92. The largest absolute Gasteiger partial charge is 0.496 e. The van der Waals surface area contributed by atoms with Crippen LogP contribution in [0, 0.1) is 11.8 Å². The van der Waals surface area contributed by atoms with E-state index in [1.165, 1.54) is 19.6 Å². The molecule has 1 atom stereocenters. The minimum absolute atomic E-state index is 0.0776. The van der Waals surface area contributed by atoms with Gasteiger partial charge in [-0.25, -0.2) is 4.79 Å². The molecule has 1 aromatic carbocycles. The number of amides is 1. The molecule has 0 radical (unpaired) electrons. The number of aromatic carboxylic acids is 1. The average Bonchev–Trinajstić information content (AvgIpc) is 2.69. The number of carboxylic acid groups (broad SMARTS) is 1. The smallest absolute Gasteiger partial charge is 0.339 e. The number of nitrogens with zero attached hydrogens (tertiary/aromatic N) is 1. The van der Waals surface area contributed by atoms with E-state index in [0.29, 0.717) is 30.1 Å². The van der Waals surface area contributed by atoms with E-state index in [9.17, 15) is 14.7 Å². The Morgan fingerprint density at radius 3 is 2.45 bits per heavy atom. The predicted molar refractivity (Wildman–Crippen MR) is 109 cm³/mol. The monoisotopic (exact) mass is 404 g/mol. The Morgan fingerprint density at radius 2 is 1.90 bits per heavy atom. The first-order valence-electron chi connectivity index (χ1n) is 10.5. The molecule has 0 unspecified atom stereocenters. The number of benzene rings is 1. The summed E-state index contributed by atoms with van der Waals surface area (Å²) >= 11 is 0. The molecular weight excluding hydrogens is 372 g/mol. The van der Waals surface area contributed by atoms with Gasteiger partial charge < -0.3 is 25.2 Å². The first kappa shape index (κ1) is 21.4. The second kappa shape index (κ2) is 9.48. The summed E-state index contributed by atoms with van der Waals surface area (Å²) in [6.45, 7) is 0.531. The van der Waals surface area contributed by atoms with Crippen molar-refractivity contribution < 1.29 is 24.2 Å². The Morgan fingerprint density at radius 1 is 1.21 bits per heavy atom. The van der Waals surface area contributed by atoms with Crippen molar-refractivity contribution in [2.45, 2.75) is 57.0 Å². The molecule has 0 heterocycles. The second-order valence-electron chi connectivity index (χ2n) is 8.32. The fraction of sp³-hybridized carbons (Fsp3) is 0.636. The van der Waals surface area contributed by atoms with Crippen LogP contribution in [-0.4, -0.2) is 54.7 Å². The van der Waals surface area contributed by atoms with E-state index in [4.69, 9.17) is 15.2 Å². The van der Waals surface area contributed by atoms with Crippen molar-refractivity contribution in [2.24, 2.45) is 17.6 Å². The number of carbonyl (C=O) groups excluding carboxylic acids is 1. The number of hydrogen-bond donors (Lipinski definition) is 2. The van der Waals surface area contributed by atoms with Gasteiger partial charge in [-0.3, -0.25) is 4.79 Å². The van der Waals surface area contributed by atoms with Crippen LogP contribution in [0.4, 0.5) is 0 Å². The third kappa shape index (κ3) is 5.01. The van der Waals surface area contributed by atoms with Crippen molar-refractivity contribution >= 4 is 11.9 Å². The molecule has 7 heteroatoms. The van der Waals surface area contributed by atoms with Crippen LogP contribution >= 0.6 is 0 Å².